The molecular weight excluding hydrogens is 295 g/mol. The number of rotatable bonds is 3. The van der Waals surface area contributed by atoms with E-state index >= 15 is 0 Å². The van der Waals surface area contributed by atoms with Crippen LogP contribution < -0.4 is 5.56 Å². The highest BCUT2D eigenvalue weighted by Gasteiger charge is 2.54. The quantitative estimate of drug-likeness (QED) is 0.712. The average Bonchev–Trinajstić information content (AvgIpc) is 3.04. The molecule has 1 aliphatic heterocycles. The van der Waals surface area contributed by atoms with E-state index in [4.69, 9.17) is 9.84 Å². The summed E-state index contributed by atoms with van der Waals surface area (Å²) in [5.74, 6) is 0. The van der Waals surface area contributed by atoms with Crippen molar-refractivity contribution in [2.24, 2.45) is 0 Å². The molecule has 1 aliphatic rings. The Kier molecular flexibility index (Phi) is 3.55. The largest absolute Gasteiger partial charge is 0.394 e. The molecule has 22 heavy (non-hydrogen) atoms. The van der Waals surface area contributed by atoms with E-state index in [2.05, 4.69) is 15.0 Å². The number of aromatic amines is 1. The summed E-state index contributed by atoms with van der Waals surface area (Å²) in [5.41, 5.74) is -1.94. The summed E-state index contributed by atoms with van der Waals surface area (Å²) >= 11 is 0. The molecule has 2 aromatic heterocycles. The smallest absolute Gasteiger partial charge is 0.260 e. The summed E-state index contributed by atoms with van der Waals surface area (Å²) in [7, 11) is 0. The molecule has 0 spiro atoms. The van der Waals surface area contributed by atoms with Crippen LogP contribution in [0.15, 0.2) is 29.8 Å². The first-order valence-electron chi connectivity index (χ1n) is 6.65. The molecule has 1 saturated heterocycles. The predicted octanol–water partition coefficient (Wildman–Crippen LogP) is -0.388. The number of alkyl halides is 1. The van der Waals surface area contributed by atoms with Crippen LogP contribution in [0.1, 0.15) is 13.2 Å². The van der Waals surface area contributed by atoms with E-state index in [-0.39, 0.29) is 11.1 Å². The lowest BCUT2D eigenvalue weighted by Crippen LogP contribution is -2.40. The van der Waals surface area contributed by atoms with Gasteiger partial charge in [-0.3, -0.25) is 4.79 Å². The second-order valence-electron chi connectivity index (χ2n) is 5.31. The number of H-pyrrole nitrogens is 1. The summed E-state index contributed by atoms with van der Waals surface area (Å²) in [6.07, 6.45) is 1.70. The Balaban J connectivity index is 1.95. The van der Waals surface area contributed by atoms with Gasteiger partial charge in [0.1, 0.15) is 12.2 Å². The Morgan fingerprint density at radius 3 is 3.00 bits per heavy atom. The molecule has 0 aliphatic carbocycles. The van der Waals surface area contributed by atoms with E-state index < -0.39 is 30.7 Å². The fourth-order valence-corrected chi connectivity index (χ4v) is 2.52. The normalized spacial score (nSPS) is 31.5. The van der Waals surface area contributed by atoms with Gasteiger partial charge in [-0.2, -0.15) is 0 Å². The molecule has 0 bridgehead atoms. The van der Waals surface area contributed by atoms with Crippen molar-refractivity contribution in [3.63, 3.8) is 0 Å². The van der Waals surface area contributed by atoms with Crippen molar-refractivity contribution in [3.8, 4) is 11.3 Å². The van der Waals surface area contributed by atoms with Crippen LogP contribution in [0.25, 0.3) is 11.3 Å². The van der Waals surface area contributed by atoms with Gasteiger partial charge in [-0.25, -0.2) is 14.4 Å². The number of imidazole rings is 1. The Bertz CT molecular complexity index is 729. The van der Waals surface area contributed by atoms with Gasteiger partial charge in [0.15, 0.2) is 11.9 Å². The summed E-state index contributed by atoms with van der Waals surface area (Å²) in [6, 6.07) is 0. The van der Waals surface area contributed by atoms with Gasteiger partial charge in [0.05, 0.1) is 30.5 Å². The minimum atomic E-state index is -2.10. The van der Waals surface area contributed by atoms with Crippen LogP contribution >= 0.6 is 0 Å². The third-order valence-corrected chi connectivity index (χ3v) is 3.76. The second-order valence-corrected chi connectivity index (χ2v) is 5.31. The van der Waals surface area contributed by atoms with Crippen LogP contribution in [0.2, 0.25) is 0 Å². The highest BCUT2D eigenvalue weighted by atomic mass is 19.1. The molecule has 8 nitrogen and oxygen atoms in total. The third-order valence-electron chi connectivity index (χ3n) is 3.76. The van der Waals surface area contributed by atoms with Gasteiger partial charge in [0.2, 0.25) is 0 Å². The lowest BCUT2D eigenvalue weighted by Gasteiger charge is -2.24. The van der Waals surface area contributed by atoms with Gasteiger partial charge in [-0.1, -0.05) is 0 Å². The standard InChI is InChI=1S/C13H15FN4O4/c1-13(14)10(20)9(4-19)22-12(13)18-3-8(17-6-18)7-2-15-5-16-11(7)21/h2-3,5-6,9-10,12,19-20H,4H2,1H3,(H,15,16,21)/t9-,10-,12-,13-/m1/s1. The van der Waals surface area contributed by atoms with Crippen molar-refractivity contribution < 1.29 is 19.3 Å². The molecule has 3 N–H and O–H groups in total. The second kappa shape index (κ2) is 5.27. The van der Waals surface area contributed by atoms with E-state index in [1.165, 1.54) is 36.5 Å². The maximum absolute atomic E-state index is 14.7. The number of aliphatic hydroxyl groups excluding tert-OH is 2. The number of ether oxygens (including phenoxy) is 1. The molecule has 0 radical (unpaired) electrons. The number of nitrogens with zero attached hydrogens (tertiary/aromatic N) is 3. The average molecular weight is 310 g/mol. The van der Waals surface area contributed by atoms with Gasteiger partial charge in [-0.05, 0) is 6.92 Å². The molecule has 3 rings (SSSR count). The molecule has 2 aromatic rings. The number of halogens is 1. The van der Waals surface area contributed by atoms with Crippen LogP contribution in [0.5, 0.6) is 0 Å². The first kappa shape index (κ1) is 14.8. The highest BCUT2D eigenvalue weighted by Crippen LogP contribution is 2.41. The van der Waals surface area contributed by atoms with E-state index in [0.29, 0.717) is 5.69 Å². The van der Waals surface area contributed by atoms with Crippen LogP contribution in [-0.2, 0) is 4.74 Å². The van der Waals surface area contributed by atoms with Crippen molar-refractivity contribution in [3.05, 3.63) is 35.4 Å². The molecule has 4 atom stereocenters. The Morgan fingerprint density at radius 1 is 1.59 bits per heavy atom. The Hall–Kier alpha value is -2.10. The van der Waals surface area contributed by atoms with Crippen molar-refractivity contribution in [2.45, 2.75) is 31.0 Å². The molecule has 0 aromatic carbocycles. The monoisotopic (exact) mass is 310 g/mol. The van der Waals surface area contributed by atoms with E-state index in [1.54, 1.807) is 0 Å². The first-order valence-corrected chi connectivity index (χ1v) is 6.65. The number of nitrogens with one attached hydrogen (secondary N) is 1. The zero-order valence-electron chi connectivity index (χ0n) is 11.7. The molecule has 1 fully saturated rings. The number of hydrogen-bond acceptors (Lipinski definition) is 6. The van der Waals surface area contributed by atoms with Gasteiger partial charge < -0.3 is 24.5 Å². The van der Waals surface area contributed by atoms with Crippen LogP contribution in [0.3, 0.4) is 0 Å². The molecule has 0 amide bonds. The lowest BCUT2D eigenvalue weighted by molar-refractivity contribution is -0.0586. The Morgan fingerprint density at radius 2 is 2.36 bits per heavy atom. The topological polar surface area (TPSA) is 113 Å². The van der Waals surface area contributed by atoms with Crippen molar-refractivity contribution in [1.82, 2.24) is 19.5 Å². The molecule has 0 unspecified atom stereocenters. The van der Waals surface area contributed by atoms with Gasteiger partial charge in [0.25, 0.3) is 5.56 Å². The molecule has 118 valence electrons. The summed E-state index contributed by atoms with van der Waals surface area (Å²) in [6.45, 7) is 0.690. The summed E-state index contributed by atoms with van der Waals surface area (Å²) in [5, 5.41) is 19.0. The number of hydrogen-bond donors (Lipinski definition) is 3. The fourth-order valence-electron chi connectivity index (χ4n) is 2.52. The van der Waals surface area contributed by atoms with Crippen LogP contribution in [0.4, 0.5) is 4.39 Å². The summed E-state index contributed by atoms with van der Waals surface area (Å²) < 4.78 is 21.3. The van der Waals surface area contributed by atoms with E-state index in [1.807, 2.05) is 0 Å². The van der Waals surface area contributed by atoms with Gasteiger partial charge in [-0.15, -0.1) is 0 Å². The van der Waals surface area contributed by atoms with E-state index in [0.717, 1.165) is 0 Å². The minimum Gasteiger partial charge on any atom is -0.394 e. The highest BCUT2D eigenvalue weighted by molar-refractivity contribution is 5.55. The predicted molar refractivity (Wildman–Crippen MR) is 72.6 cm³/mol. The van der Waals surface area contributed by atoms with Crippen molar-refractivity contribution in [2.75, 3.05) is 6.61 Å². The molecular formula is C13H15FN4O4. The van der Waals surface area contributed by atoms with Gasteiger partial charge in [0, 0.05) is 12.4 Å². The zero-order valence-corrected chi connectivity index (χ0v) is 11.7. The molecule has 9 heteroatoms. The molecule has 0 saturated carbocycles. The van der Waals surface area contributed by atoms with Crippen LogP contribution in [-0.4, -0.2) is 54.2 Å². The maximum Gasteiger partial charge on any atom is 0.260 e. The Labute approximate surface area is 124 Å². The fraction of sp³-hybridized carbons (Fsp3) is 0.462. The number of aromatic nitrogens is 4. The van der Waals surface area contributed by atoms with Crippen LogP contribution in [0, 0.1) is 0 Å². The van der Waals surface area contributed by atoms with Crippen molar-refractivity contribution in [1.29, 1.82) is 0 Å². The van der Waals surface area contributed by atoms with Crippen molar-refractivity contribution >= 4 is 0 Å². The zero-order chi connectivity index (χ0) is 15.9. The first-order chi connectivity index (χ1) is 10.4. The SMILES string of the molecule is C[C@@]1(F)[C@H](O)[C@@H](CO)O[C@H]1n1cnc(-c2cnc[nH]c2=O)c1. The number of aliphatic hydroxyl groups is 2. The van der Waals surface area contributed by atoms with E-state index in [9.17, 15) is 14.3 Å². The minimum absolute atomic E-state index is 0.235. The lowest BCUT2D eigenvalue weighted by atomic mass is 9.99. The third kappa shape index (κ3) is 2.23. The van der Waals surface area contributed by atoms with Gasteiger partial charge >= 0.3 is 0 Å². The maximum atomic E-state index is 14.7. The summed E-state index contributed by atoms with van der Waals surface area (Å²) in [4.78, 5) is 22.0. The molecule has 3 heterocycles.